The topological polar surface area (TPSA) is 51.2 Å². The Balaban J connectivity index is 1.65. The highest BCUT2D eigenvalue weighted by atomic mass is 79.9. The smallest absolute Gasteiger partial charge is 0.226 e. The minimum Gasteiger partial charge on any atom is -0.494 e. The van der Waals surface area contributed by atoms with Crippen molar-refractivity contribution in [2.45, 2.75) is 19.8 Å². The first-order valence-electron chi connectivity index (χ1n) is 6.24. The third-order valence-corrected chi connectivity index (χ3v) is 3.90. The Labute approximate surface area is 130 Å². The van der Waals surface area contributed by atoms with Gasteiger partial charge in [-0.2, -0.15) is 0 Å². The second-order valence-electron chi connectivity index (χ2n) is 4.25. The van der Waals surface area contributed by atoms with Gasteiger partial charge in [0.2, 0.25) is 5.91 Å². The highest BCUT2D eigenvalue weighted by Gasteiger charge is 2.05. The van der Waals surface area contributed by atoms with Gasteiger partial charge in [-0.05, 0) is 37.6 Å². The molecule has 0 saturated heterocycles. The molecule has 1 aromatic heterocycles. The van der Waals surface area contributed by atoms with Crippen molar-refractivity contribution in [3.8, 4) is 5.75 Å². The molecule has 106 valence electrons. The molecule has 0 aliphatic carbocycles. The van der Waals surface area contributed by atoms with Gasteiger partial charge in [0.05, 0.1) is 12.3 Å². The monoisotopic (exact) mass is 354 g/mol. The van der Waals surface area contributed by atoms with Crippen molar-refractivity contribution in [1.82, 2.24) is 4.98 Å². The van der Waals surface area contributed by atoms with Crippen molar-refractivity contribution in [2.75, 3.05) is 11.9 Å². The van der Waals surface area contributed by atoms with Crippen LogP contribution in [0.15, 0.2) is 34.1 Å². The number of anilines is 1. The number of nitrogens with zero attached hydrogens (tertiary/aromatic N) is 1. The quantitative estimate of drug-likeness (QED) is 0.797. The van der Waals surface area contributed by atoms with Gasteiger partial charge < -0.3 is 10.1 Å². The summed E-state index contributed by atoms with van der Waals surface area (Å²) in [6.07, 6.45) is 1.10. The molecule has 20 heavy (non-hydrogen) atoms. The number of carbonyl (C=O) groups is 1. The molecular weight excluding hydrogens is 340 g/mol. The lowest BCUT2D eigenvalue weighted by Gasteiger charge is -2.06. The first-order chi connectivity index (χ1) is 9.63. The molecule has 4 nitrogen and oxygen atoms in total. The van der Waals surface area contributed by atoms with Crippen molar-refractivity contribution < 1.29 is 9.53 Å². The van der Waals surface area contributed by atoms with Gasteiger partial charge in [-0.1, -0.05) is 15.9 Å². The van der Waals surface area contributed by atoms with Crippen molar-refractivity contribution in [1.29, 1.82) is 0 Å². The average molecular weight is 355 g/mol. The van der Waals surface area contributed by atoms with Crippen LogP contribution in [0.5, 0.6) is 5.75 Å². The Morgan fingerprint density at radius 1 is 1.40 bits per heavy atom. The van der Waals surface area contributed by atoms with Crippen LogP contribution in [-0.2, 0) is 4.79 Å². The number of amides is 1. The minimum absolute atomic E-state index is 0.0289. The van der Waals surface area contributed by atoms with Gasteiger partial charge in [0, 0.05) is 16.3 Å². The summed E-state index contributed by atoms with van der Waals surface area (Å²) < 4.78 is 6.57. The number of hydrogen-bond acceptors (Lipinski definition) is 4. The van der Waals surface area contributed by atoms with Crippen LogP contribution in [0.3, 0.4) is 0 Å². The number of carbonyl (C=O) groups excluding carboxylic acids is 1. The summed E-state index contributed by atoms with van der Waals surface area (Å²) in [5.41, 5.74) is 0.920. The van der Waals surface area contributed by atoms with E-state index in [1.807, 2.05) is 36.6 Å². The largest absolute Gasteiger partial charge is 0.494 e. The highest BCUT2D eigenvalue weighted by molar-refractivity contribution is 9.10. The van der Waals surface area contributed by atoms with Gasteiger partial charge in [-0.3, -0.25) is 4.79 Å². The van der Waals surface area contributed by atoms with Crippen molar-refractivity contribution in [3.05, 3.63) is 39.8 Å². The molecule has 1 N–H and O–H groups in total. The second-order valence-corrected chi connectivity index (χ2v) is 6.02. The fraction of sp³-hybridized carbons (Fsp3) is 0.286. The summed E-state index contributed by atoms with van der Waals surface area (Å²) in [4.78, 5) is 15.9. The summed E-state index contributed by atoms with van der Waals surface area (Å²) >= 11 is 4.80. The zero-order chi connectivity index (χ0) is 14.4. The third kappa shape index (κ3) is 4.94. The molecule has 1 aromatic carbocycles. The van der Waals surface area contributed by atoms with E-state index in [2.05, 4.69) is 26.2 Å². The standard InChI is InChI=1S/C14H15BrN2O2S/c1-10-9-20-14(16-10)17-13(18)3-2-8-19-12-6-4-11(15)5-7-12/h4-7,9H,2-3,8H2,1H3,(H,16,17,18). The minimum atomic E-state index is -0.0289. The summed E-state index contributed by atoms with van der Waals surface area (Å²) in [5.74, 6) is 0.780. The Morgan fingerprint density at radius 2 is 2.15 bits per heavy atom. The van der Waals surface area contributed by atoms with E-state index in [1.54, 1.807) is 0 Å². The molecule has 0 spiro atoms. The summed E-state index contributed by atoms with van der Waals surface area (Å²) in [7, 11) is 0. The van der Waals surface area contributed by atoms with Gasteiger partial charge in [-0.15, -0.1) is 11.3 Å². The number of nitrogens with one attached hydrogen (secondary N) is 1. The number of ether oxygens (including phenoxy) is 1. The van der Waals surface area contributed by atoms with Gasteiger partial charge in [-0.25, -0.2) is 4.98 Å². The van der Waals surface area contributed by atoms with Crippen molar-refractivity contribution in [2.24, 2.45) is 0 Å². The Hall–Kier alpha value is -1.40. The lowest BCUT2D eigenvalue weighted by Crippen LogP contribution is -2.12. The number of halogens is 1. The highest BCUT2D eigenvalue weighted by Crippen LogP contribution is 2.17. The van der Waals surface area contributed by atoms with Crippen LogP contribution in [0.25, 0.3) is 0 Å². The van der Waals surface area contributed by atoms with E-state index in [4.69, 9.17) is 4.74 Å². The third-order valence-electron chi connectivity index (χ3n) is 2.50. The van der Waals surface area contributed by atoms with Crippen LogP contribution in [0, 0.1) is 6.92 Å². The van der Waals surface area contributed by atoms with Gasteiger partial charge in [0.15, 0.2) is 5.13 Å². The van der Waals surface area contributed by atoms with Crippen molar-refractivity contribution in [3.63, 3.8) is 0 Å². The maximum absolute atomic E-state index is 11.7. The molecule has 0 saturated carbocycles. The lowest BCUT2D eigenvalue weighted by atomic mass is 10.3. The average Bonchev–Trinajstić information content (AvgIpc) is 2.82. The molecule has 6 heteroatoms. The Morgan fingerprint density at radius 3 is 2.80 bits per heavy atom. The maximum Gasteiger partial charge on any atom is 0.226 e. The number of rotatable bonds is 6. The molecule has 1 heterocycles. The summed E-state index contributed by atoms with van der Waals surface area (Å²) in [6, 6.07) is 7.63. The molecule has 0 aliphatic rings. The SMILES string of the molecule is Cc1csc(NC(=O)CCCOc2ccc(Br)cc2)n1. The van der Waals surface area contributed by atoms with Gasteiger partial charge in [0.25, 0.3) is 0 Å². The van der Waals surface area contributed by atoms with Crippen LogP contribution < -0.4 is 10.1 Å². The lowest BCUT2D eigenvalue weighted by molar-refractivity contribution is -0.116. The zero-order valence-electron chi connectivity index (χ0n) is 11.1. The number of aromatic nitrogens is 1. The zero-order valence-corrected chi connectivity index (χ0v) is 13.5. The molecule has 0 fully saturated rings. The van der Waals surface area contributed by atoms with E-state index < -0.39 is 0 Å². The number of hydrogen-bond donors (Lipinski definition) is 1. The van der Waals surface area contributed by atoms with E-state index in [-0.39, 0.29) is 5.91 Å². The van der Waals surface area contributed by atoms with Crippen LogP contribution in [0.4, 0.5) is 5.13 Å². The molecule has 2 aromatic rings. The van der Waals surface area contributed by atoms with E-state index >= 15 is 0 Å². The molecule has 0 unspecified atom stereocenters. The number of thiazole rings is 1. The van der Waals surface area contributed by atoms with Crippen LogP contribution in [0.1, 0.15) is 18.5 Å². The molecule has 0 bridgehead atoms. The maximum atomic E-state index is 11.7. The van der Waals surface area contributed by atoms with Crippen LogP contribution >= 0.6 is 27.3 Å². The second kappa shape index (κ2) is 7.40. The van der Waals surface area contributed by atoms with E-state index in [9.17, 15) is 4.79 Å². The first kappa shape index (κ1) is 15.0. The number of benzene rings is 1. The molecular formula is C14H15BrN2O2S. The fourth-order valence-corrected chi connectivity index (χ4v) is 2.52. The molecule has 2 rings (SSSR count). The van der Waals surface area contributed by atoms with Crippen molar-refractivity contribution >= 4 is 38.3 Å². The predicted molar refractivity (Wildman–Crippen MR) is 84.4 cm³/mol. The predicted octanol–water partition coefficient (Wildman–Crippen LogP) is 4.01. The van der Waals surface area contributed by atoms with E-state index in [0.717, 1.165) is 15.9 Å². The Bertz CT molecular complexity index is 569. The summed E-state index contributed by atoms with van der Waals surface area (Å²) in [5, 5.41) is 5.34. The Kier molecular flexibility index (Phi) is 5.55. The van der Waals surface area contributed by atoms with Gasteiger partial charge in [0.1, 0.15) is 5.75 Å². The number of aryl methyl sites for hydroxylation is 1. The molecule has 0 atom stereocenters. The van der Waals surface area contributed by atoms with E-state index in [0.29, 0.717) is 24.6 Å². The van der Waals surface area contributed by atoms with Crippen LogP contribution in [0.2, 0.25) is 0 Å². The van der Waals surface area contributed by atoms with Gasteiger partial charge >= 0.3 is 0 Å². The molecule has 0 aliphatic heterocycles. The normalized spacial score (nSPS) is 10.3. The first-order valence-corrected chi connectivity index (χ1v) is 7.91. The van der Waals surface area contributed by atoms with Crippen LogP contribution in [-0.4, -0.2) is 17.5 Å². The summed E-state index contributed by atoms with van der Waals surface area (Å²) in [6.45, 7) is 2.42. The van der Waals surface area contributed by atoms with E-state index in [1.165, 1.54) is 11.3 Å². The molecule has 0 radical (unpaired) electrons. The fourth-order valence-electron chi connectivity index (χ4n) is 1.55. The molecule has 1 amide bonds.